The third kappa shape index (κ3) is 5.35. The standard InChI is InChI=1S/C17H18N6O6S2/c1-10-8-13(20-30-10)21-31(27,28)22-17(26)23-9-12(16(23)25)18-15(24)14(19-29-2)11-6-4-3-5-7-11/h3-8,12H,9H2,1-2H3,(H,18,24)(H,20,21)(H,22,26)/b19-14-/t12-/m0/s1. The summed E-state index contributed by atoms with van der Waals surface area (Å²) in [5, 5.41) is 6.13. The number of nitrogens with zero attached hydrogens (tertiary/aromatic N) is 3. The molecule has 0 radical (unpaired) electrons. The second kappa shape index (κ2) is 9.09. The largest absolute Gasteiger partial charge is 0.398 e. The lowest BCUT2D eigenvalue weighted by Gasteiger charge is -2.36. The van der Waals surface area contributed by atoms with Gasteiger partial charge in [0.15, 0.2) is 11.5 Å². The number of benzene rings is 1. The number of hydrogen-bond acceptors (Lipinski definition) is 9. The number of carbonyl (C=O) groups excluding carboxylic acids is 3. The van der Waals surface area contributed by atoms with Gasteiger partial charge in [-0.15, -0.1) is 0 Å². The normalized spacial score (nSPS) is 16.3. The number of aryl methyl sites for hydroxylation is 1. The average Bonchev–Trinajstić information content (AvgIpc) is 3.12. The van der Waals surface area contributed by atoms with E-state index in [0.717, 1.165) is 16.4 Å². The van der Waals surface area contributed by atoms with Gasteiger partial charge in [-0.25, -0.2) is 14.2 Å². The van der Waals surface area contributed by atoms with Crippen LogP contribution in [0.25, 0.3) is 0 Å². The van der Waals surface area contributed by atoms with Crippen LogP contribution in [0.4, 0.5) is 10.6 Å². The summed E-state index contributed by atoms with van der Waals surface area (Å²) in [5.74, 6) is -1.40. The Morgan fingerprint density at radius 2 is 2.00 bits per heavy atom. The first kappa shape index (κ1) is 22.2. The maximum absolute atomic E-state index is 12.5. The minimum absolute atomic E-state index is 0.0498. The Bertz CT molecular complexity index is 1130. The second-order valence-corrected chi connectivity index (χ2v) is 8.72. The fraction of sp³-hybridized carbons (Fsp3) is 0.235. The number of β-lactam (4-membered cyclic amide) rings is 1. The molecule has 164 valence electrons. The van der Waals surface area contributed by atoms with Crippen molar-refractivity contribution in [3.05, 3.63) is 46.8 Å². The molecule has 14 heteroatoms. The van der Waals surface area contributed by atoms with E-state index in [1.54, 1.807) is 42.0 Å². The Morgan fingerprint density at radius 1 is 1.29 bits per heavy atom. The minimum atomic E-state index is -4.28. The van der Waals surface area contributed by atoms with Gasteiger partial charge in [0.1, 0.15) is 13.2 Å². The summed E-state index contributed by atoms with van der Waals surface area (Å²) in [5.41, 5.74) is 0.418. The molecule has 1 aromatic heterocycles. The monoisotopic (exact) mass is 466 g/mol. The SMILES string of the molecule is CO/N=C(\C(=O)N[C@H]1CN(C(=O)NS(=O)(=O)Nc2cc(C)sn2)C1=O)c1ccccc1. The van der Waals surface area contributed by atoms with Crippen LogP contribution in [-0.4, -0.2) is 60.9 Å². The molecule has 31 heavy (non-hydrogen) atoms. The summed E-state index contributed by atoms with van der Waals surface area (Å²) in [7, 11) is -3.01. The van der Waals surface area contributed by atoms with Crippen LogP contribution in [0.2, 0.25) is 0 Å². The number of carbonyl (C=O) groups is 3. The van der Waals surface area contributed by atoms with Crippen LogP contribution in [0.5, 0.6) is 0 Å². The first-order chi connectivity index (χ1) is 14.7. The highest BCUT2D eigenvalue weighted by atomic mass is 32.2. The van der Waals surface area contributed by atoms with Crippen molar-refractivity contribution in [3.63, 3.8) is 0 Å². The zero-order valence-electron chi connectivity index (χ0n) is 16.4. The van der Waals surface area contributed by atoms with Gasteiger partial charge in [-0.1, -0.05) is 35.5 Å². The molecule has 0 spiro atoms. The van der Waals surface area contributed by atoms with Crippen LogP contribution in [0.3, 0.4) is 0 Å². The number of imide groups is 1. The molecule has 0 bridgehead atoms. The summed E-state index contributed by atoms with van der Waals surface area (Å²) >= 11 is 1.08. The van der Waals surface area contributed by atoms with Gasteiger partial charge in [0.25, 0.3) is 11.8 Å². The first-order valence-electron chi connectivity index (χ1n) is 8.77. The van der Waals surface area contributed by atoms with Crippen molar-refractivity contribution in [3.8, 4) is 0 Å². The summed E-state index contributed by atoms with van der Waals surface area (Å²) in [6.07, 6.45) is 0. The number of rotatable bonds is 7. The highest BCUT2D eigenvalue weighted by Crippen LogP contribution is 2.15. The van der Waals surface area contributed by atoms with E-state index in [1.165, 1.54) is 13.2 Å². The van der Waals surface area contributed by atoms with Gasteiger partial charge in [-0.2, -0.15) is 12.8 Å². The lowest BCUT2D eigenvalue weighted by molar-refractivity contribution is -0.141. The van der Waals surface area contributed by atoms with Crippen LogP contribution in [0.15, 0.2) is 41.6 Å². The fourth-order valence-corrected chi connectivity index (χ4v) is 3.94. The molecule has 1 aliphatic heterocycles. The van der Waals surface area contributed by atoms with Crippen LogP contribution in [0.1, 0.15) is 10.4 Å². The molecule has 0 unspecified atom stereocenters. The number of nitrogens with one attached hydrogen (secondary N) is 3. The predicted molar refractivity (Wildman–Crippen MR) is 112 cm³/mol. The van der Waals surface area contributed by atoms with Crippen molar-refractivity contribution >= 4 is 51.1 Å². The Kier molecular flexibility index (Phi) is 6.50. The Balaban J connectivity index is 1.57. The molecule has 3 rings (SSSR count). The molecule has 12 nitrogen and oxygen atoms in total. The van der Waals surface area contributed by atoms with Crippen molar-refractivity contribution < 1.29 is 27.6 Å². The predicted octanol–water partition coefficient (Wildman–Crippen LogP) is 0.196. The first-order valence-corrected chi connectivity index (χ1v) is 11.0. The summed E-state index contributed by atoms with van der Waals surface area (Å²) in [6, 6.07) is 7.77. The zero-order chi connectivity index (χ0) is 22.6. The van der Waals surface area contributed by atoms with Crippen LogP contribution < -0.4 is 14.8 Å². The summed E-state index contributed by atoms with van der Waals surface area (Å²) in [4.78, 5) is 43.0. The number of likely N-dealkylation sites (tertiary alicyclic amines) is 1. The molecular formula is C17H18N6O6S2. The summed E-state index contributed by atoms with van der Waals surface area (Å²) in [6.45, 7) is 1.53. The van der Waals surface area contributed by atoms with E-state index in [4.69, 9.17) is 4.84 Å². The minimum Gasteiger partial charge on any atom is -0.398 e. The molecule has 3 N–H and O–H groups in total. The van der Waals surface area contributed by atoms with E-state index in [2.05, 4.69) is 19.6 Å². The van der Waals surface area contributed by atoms with Gasteiger partial charge < -0.3 is 10.2 Å². The number of hydrogen-bond donors (Lipinski definition) is 3. The van der Waals surface area contributed by atoms with Crippen molar-refractivity contribution in [2.75, 3.05) is 18.4 Å². The summed E-state index contributed by atoms with van der Waals surface area (Å²) < 4.78 is 31.7. The van der Waals surface area contributed by atoms with Gasteiger partial charge in [0.05, 0.1) is 6.54 Å². The second-order valence-electron chi connectivity index (χ2n) is 6.30. The molecular weight excluding hydrogens is 448 g/mol. The molecule has 2 aromatic rings. The maximum Gasteiger partial charge on any atom is 0.339 e. The smallest absolute Gasteiger partial charge is 0.339 e. The number of aromatic nitrogens is 1. The number of urea groups is 1. The average molecular weight is 467 g/mol. The van der Waals surface area contributed by atoms with Gasteiger partial charge >= 0.3 is 16.2 Å². The van der Waals surface area contributed by atoms with E-state index < -0.39 is 34.1 Å². The molecule has 1 fully saturated rings. The molecule has 4 amide bonds. The highest BCUT2D eigenvalue weighted by molar-refractivity contribution is 7.91. The quantitative estimate of drug-likeness (QED) is 0.298. The topological polar surface area (TPSA) is 159 Å². The van der Waals surface area contributed by atoms with Gasteiger partial charge in [-0.05, 0) is 24.5 Å². The van der Waals surface area contributed by atoms with Gasteiger partial charge in [0, 0.05) is 10.4 Å². The van der Waals surface area contributed by atoms with Gasteiger partial charge in [-0.3, -0.25) is 14.5 Å². The van der Waals surface area contributed by atoms with Crippen LogP contribution in [0, 0.1) is 6.92 Å². The number of anilines is 1. The zero-order valence-corrected chi connectivity index (χ0v) is 18.0. The lowest BCUT2D eigenvalue weighted by atomic mass is 10.1. The van der Waals surface area contributed by atoms with Crippen molar-refractivity contribution in [1.29, 1.82) is 0 Å². The van der Waals surface area contributed by atoms with Crippen molar-refractivity contribution in [1.82, 2.24) is 19.3 Å². The molecule has 1 atom stereocenters. The fourth-order valence-electron chi connectivity index (χ4n) is 2.60. The molecule has 1 saturated heterocycles. The van der Waals surface area contributed by atoms with Gasteiger partial charge in [0.2, 0.25) is 0 Å². The van der Waals surface area contributed by atoms with E-state index in [0.29, 0.717) is 10.5 Å². The Hall–Kier alpha value is -3.52. The molecule has 1 aromatic carbocycles. The maximum atomic E-state index is 12.5. The molecule has 0 saturated carbocycles. The van der Waals surface area contributed by atoms with Crippen molar-refractivity contribution in [2.24, 2.45) is 5.16 Å². The molecule has 1 aliphatic rings. The molecule has 0 aliphatic carbocycles. The third-order valence-electron chi connectivity index (χ3n) is 4.01. The van der Waals surface area contributed by atoms with Crippen molar-refractivity contribution in [2.45, 2.75) is 13.0 Å². The highest BCUT2D eigenvalue weighted by Gasteiger charge is 2.43. The third-order valence-corrected chi connectivity index (χ3v) is 5.63. The van der Waals surface area contributed by atoms with Crippen LogP contribution >= 0.6 is 11.5 Å². The van der Waals surface area contributed by atoms with E-state index in [1.807, 2.05) is 0 Å². The Morgan fingerprint density at radius 3 is 2.58 bits per heavy atom. The Labute approximate surface area is 181 Å². The van der Waals surface area contributed by atoms with E-state index in [9.17, 15) is 22.8 Å². The lowest BCUT2D eigenvalue weighted by Crippen LogP contribution is -2.68. The molecule has 2 heterocycles. The number of amides is 4. The van der Waals surface area contributed by atoms with Crippen LogP contribution in [-0.2, 0) is 24.6 Å². The number of oxime groups is 1. The van der Waals surface area contributed by atoms with E-state index in [-0.39, 0.29) is 18.1 Å². The van der Waals surface area contributed by atoms with E-state index >= 15 is 0 Å².